The number of aliphatic imine (C=N–C) groups is 1. The topological polar surface area (TPSA) is 51.1 Å². The van der Waals surface area contributed by atoms with Gasteiger partial charge in [0.15, 0.2) is 5.17 Å². The van der Waals surface area contributed by atoms with Gasteiger partial charge in [0.25, 0.3) is 5.91 Å². The van der Waals surface area contributed by atoms with E-state index >= 15 is 0 Å². The van der Waals surface area contributed by atoms with Gasteiger partial charge < -0.3 is 9.47 Å². The number of hydrogen-bond acceptors (Lipinski definition) is 5. The highest BCUT2D eigenvalue weighted by molar-refractivity contribution is 14.1. The van der Waals surface area contributed by atoms with Gasteiger partial charge in [0, 0.05) is 6.54 Å². The number of carbonyl (C=O) groups is 1. The molecular formula is C27H24I2N2O3S. The number of aryl methyl sites for hydroxylation is 1. The van der Waals surface area contributed by atoms with Crippen LogP contribution < -0.4 is 9.47 Å². The fourth-order valence-electron chi connectivity index (χ4n) is 3.55. The van der Waals surface area contributed by atoms with Gasteiger partial charge in [0.1, 0.15) is 18.1 Å². The summed E-state index contributed by atoms with van der Waals surface area (Å²) < 4.78 is 13.4. The number of amidine groups is 1. The van der Waals surface area contributed by atoms with Crippen molar-refractivity contribution in [3.63, 3.8) is 0 Å². The van der Waals surface area contributed by atoms with E-state index in [0.29, 0.717) is 23.2 Å². The van der Waals surface area contributed by atoms with E-state index in [1.54, 1.807) is 12.0 Å². The maximum atomic E-state index is 13.1. The molecule has 0 spiro atoms. The second kappa shape index (κ2) is 11.8. The van der Waals surface area contributed by atoms with Gasteiger partial charge in [-0.1, -0.05) is 29.8 Å². The third-order valence-corrected chi connectivity index (χ3v) is 7.89. The highest BCUT2D eigenvalue weighted by Crippen LogP contribution is 2.36. The molecule has 1 heterocycles. The van der Waals surface area contributed by atoms with Crippen LogP contribution in [-0.2, 0) is 11.4 Å². The molecule has 0 radical (unpaired) electrons. The summed E-state index contributed by atoms with van der Waals surface area (Å²) in [6.07, 6.45) is 1.93. The van der Waals surface area contributed by atoms with Crippen molar-refractivity contribution in [2.75, 3.05) is 13.7 Å². The minimum atomic E-state index is -0.0328. The Labute approximate surface area is 237 Å². The molecule has 0 saturated carbocycles. The number of halogens is 2. The molecule has 0 unspecified atom stereocenters. The highest BCUT2D eigenvalue weighted by atomic mass is 127. The maximum Gasteiger partial charge on any atom is 0.266 e. The highest BCUT2D eigenvalue weighted by Gasteiger charge is 2.32. The van der Waals surface area contributed by atoms with Crippen LogP contribution in [-0.4, -0.2) is 29.6 Å². The van der Waals surface area contributed by atoms with Crippen LogP contribution in [0.3, 0.4) is 0 Å². The van der Waals surface area contributed by atoms with Gasteiger partial charge in [0.05, 0.1) is 24.8 Å². The molecule has 180 valence electrons. The number of rotatable bonds is 7. The predicted molar refractivity (Wildman–Crippen MR) is 160 cm³/mol. The van der Waals surface area contributed by atoms with E-state index in [4.69, 9.17) is 14.5 Å². The lowest BCUT2D eigenvalue weighted by Gasteiger charge is -2.12. The van der Waals surface area contributed by atoms with Crippen molar-refractivity contribution < 1.29 is 14.3 Å². The number of carbonyl (C=O) groups excluding carboxylic acids is 1. The smallest absolute Gasteiger partial charge is 0.266 e. The molecule has 1 fully saturated rings. The first kappa shape index (κ1) is 26.0. The fourth-order valence-corrected chi connectivity index (χ4v) is 6.74. The van der Waals surface area contributed by atoms with E-state index in [-0.39, 0.29) is 5.91 Å². The number of thioether (sulfide) groups is 1. The number of hydrogen-bond donors (Lipinski definition) is 0. The Morgan fingerprint density at radius 3 is 2.40 bits per heavy atom. The van der Waals surface area contributed by atoms with E-state index in [2.05, 4.69) is 70.3 Å². The summed E-state index contributed by atoms with van der Waals surface area (Å²) >= 11 is 5.98. The molecule has 3 aromatic carbocycles. The lowest BCUT2D eigenvalue weighted by molar-refractivity contribution is -0.122. The molecule has 8 heteroatoms. The van der Waals surface area contributed by atoms with Crippen molar-refractivity contribution >= 4 is 79.8 Å². The van der Waals surface area contributed by atoms with Crippen molar-refractivity contribution in [1.82, 2.24) is 4.90 Å². The van der Waals surface area contributed by atoms with Gasteiger partial charge in [-0.25, -0.2) is 4.99 Å². The molecule has 5 nitrogen and oxygen atoms in total. The van der Waals surface area contributed by atoms with Gasteiger partial charge >= 0.3 is 0 Å². The first-order chi connectivity index (χ1) is 16.9. The van der Waals surface area contributed by atoms with Crippen LogP contribution in [0.25, 0.3) is 6.08 Å². The quantitative estimate of drug-likeness (QED) is 0.189. The number of ether oxygens (including phenoxy) is 2. The SMILES string of the molecule is CCN1C(=O)/C(=C\c2cc(I)c(OCc3cccc(C)c3)c(I)c2)SC1=Nc1ccc(OC)cc1. The van der Waals surface area contributed by atoms with E-state index in [0.717, 1.165) is 35.5 Å². The molecule has 1 amide bonds. The third-order valence-electron chi connectivity index (χ3n) is 5.29. The third kappa shape index (κ3) is 6.39. The number of benzene rings is 3. The van der Waals surface area contributed by atoms with Crippen LogP contribution >= 0.6 is 56.9 Å². The van der Waals surface area contributed by atoms with E-state index in [9.17, 15) is 4.79 Å². The molecule has 0 N–H and O–H groups in total. The molecule has 0 aliphatic carbocycles. The van der Waals surface area contributed by atoms with Crippen molar-refractivity contribution in [3.8, 4) is 11.5 Å². The molecule has 0 atom stereocenters. The molecule has 0 bridgehead atoms. The van der Waals surface area contributed by atoms with Crippen molar-refractivity contribution in [2.24, 2.45) is 4.99 Å². The molecule has 1 saturated heterocycles. The van der Waals surface area contributed by atoms with Crippen LogP contribution in [0, 0.1) is 14.1 Å². The number of likely N-dealkylation sites (N-methyl/N-ethyl adjacent to an activating group) is 1. The summed E-state index contributed by atoms with van der Waals surface area (Å²) in [5, 5.41) is 0.677. The minimum Gasteiger partial charge on any atom is -0.497 e. The Balaban J connectivity index is 1.55. The first-order valence-corrected chi connectivity index (χ1v) is 14.0. The Morgan fingerprint density at radius 1 is 1.06 bits per heavy atom. The van der Waals surface area contributed by atoms with E-state index < -0.39 is 0 Å². The van der Waals surface area contributed by atoms with Gasteiger partial charge in [-0.3, -0.25) is 9.69 Å². The maximum absolute atomic E-state index is 13.1. The normalized spacial score (nSPS) is 15.8. The Kier molecular flexibility index (Phi) is 8.77. The average Bonchev–Trinajstić information content (AvgIpc) is 3.12. The lowest BCUT2D eigenvalue weighted by Crippen LogP contribution is -2.28. The summed E-state index contributed by atoms with van der Waals surface area (Å²) in [5.74, 6) is 1.60. The molecule has 0 aromatic heterocycles. The van der Waals surface area contributed by atoms with Gasteiger partial charge in [-0.2, -0.15) is 0 Å². The Hall–Kier alpha value is -2.05. The minimum absolute atomic E-state index is 0.0328. The molecule has 1 aliphatic rings. The zero-order valence-corrected chi connectivity index (χ0v) is 24.7. The Bertz CT molecular complexity index is 1280. The number of nitrogens with zero attached hydrogens (tertiary/aromatic N) is 2. The molecular weight excluding hydrogens is 686 g/mol. The van der Waals surface area contributed by atoms with Crippen LogP contribution in [0.4, 0.5) is 5.69 Å². The van der Waals surface area contributed by atoms with Gasteiger partial charge in [0.2, 0.25) is 0 Å². The molecule has 1 aliphatic heterocycles. The standard InChI is InChI=1S/C27H24I2N2O3S/c1-4-31-26(32)24(35-27(31)30-20-8-10-21(33-3)11-9-20)15-19-13-22(28)25(23(29)14-19)34-16-18-7-5-6-17(2)12-18/h5-15H,4,16H2,1-3H3/b24-15+,30-27?. The zero-order valence-electron chi connectivity index (χ0n) is 19.5. The van der Waals surface area contributed by atoms with Gasteiger partial charge in [-0.15, -0.1) is 0 Å². The summed E-state index contributed by atoms with van der Waals surface area (Å²) in [6.45, 7) is 5.10. The van der Waals surface area contributed by atoms with E-state index in [1.165, 1.54) is 17.3 Å². The molecule has 4 rings (SSSR count). The molecule has 3 aromatic rings. The van der Waals surface area contributed by atoms with Crippen molar-refractivity contribution in [2.45, 2.75) is 20.5 Å². The van der Waals surface area contributed by atoms with Crippen molar-refractivity contribution in [3.05, 3.63) is 89.4 Å². The second-order valence-electron chi connectivity index (χ2n) is 7.84. The Morgan fingerprint density at radius 2 is 1.77 bits per heavy atom. The average molecular weight is 710 g/mol. The summed E-state index contributed by atoms with van der Waals surface area (Å²) in [7, 11) is 1.63. The lowest BCUT2D eigenvalue weighted by atomic mass is 10.1. The summed E-state index contributed by atoms with van der Waals surface area (Å²) in [6, 6.07) is 19.9. The molecule has 35 heavy (non-hydrogen) atoms. The van der Waals surface area contributed by atoms with Crippen LogP contribution in [0.2, 0.25) is 0 Å². The predicted octanol–water partition coefficient (Wildman–Crippen LogP) is 7.42. The van der Waals surface area contributed by atoms with Crippen LogP contribution in [0.15, 0.2) is 70.6 Å². The zero-order chi connectivity index (χ0) is 24.9. The van der Waals surface area contributed by atoms with Crippen molar-refractivity contribution in [1.29, 1.82) is 0 Å². The summed E-state index contributed by atoms with van der Waals surface area (Å²) in [5.41, 5.74) is 4.09. The second-order valence-corrected chi connectivity index (χ2v) is 11.2. The monoisotopic (exact) mass is 710 g/mol. The largest absolute Gasteiger partial charge is 0.497 e. The van der Waals surface area contributed by atoms with E-state index in [1.807, 2.05) is 55.5 Å². The van der Waals surface area contributed by atoms with Crippen LogP contribution in [0.5, 0.6) is 11.5 Å². The van der Waals surface area contributed by atoms with Gasteiger partial charge in [-0.05, 0) is 124 Å². The van der Waals surface area contributed by atoms with Crippen LogP contribution in [0.1, 0.15) is 23.6 Å². The number of methoxy groups -OCH3 is 1. The fraction of sp³-hybridized carbons (Fsp3) is 0.185. The number of amides is 1. The summed E-state index contributed by atoms with van der Waals surface area (Å²) in [4.78, 5) is 20.1. The first-order valence-electron chi connectivity index (χ1n) is 11.0.